The van der Waals surface area contributed by atoms with Crippen LogP contribution in [0.5, 0.6) is 0 Å². The van der Waals surface area contributed by atoms with Gasteiger partial charge in [0.05, 0.1) is 6.04 Å². The van der Waals surface area contributed by atoms with E-state index < -0.39 is 12.0 Å². The number of aryl methyl sites for hydroxylation is 1. The molecule has 1 heterocycles. The summed E-state index contributed by atoms with van der Waals surface area (Å²) in [6.45, 7) is 7.66. The topological polar surface area (TPSA) is 62.2 Å². The lowest BCUT2D eigenvalue weighted by molar-refractivity contribution is -0.140. The molecule has 16 heavy (non-hydrogen) atoms. The van der Waals surface area contributed by atoms with Gasteiger partial charge in [0.2, 0.25) is 0 Å². The van der Waals surface area contributed by atoms with Crippen molar-refractivity contribution < 1.29 is 9.90 Å². The Morgan fingerprint density at radius 3 is 2.50 bits per heavy atom. The highest BCUT2D eigenvalue weighted by atomic mass is 32.1. The molecule has 1 aromatic heterocycles. The standard InChI is InChI=1S/C11H18N2O2S/c1-6(2)9(11(14)15)13-8(4)10-12-7(3)5-16-10/h5-6,8-9,13H,1-4H3,(H,14,15). The van der Waals surface area contributed by atoms with E-state index in [9.17, 15) is 4.79 Å². The summed E-state index contributed by atoms with van der Waals surface area (Å²) in [5, 5.41) is 15.1. The number of hydrogen-bond acceptors (Lipinski definition) is 4. The van der Waals surface area contributed by atoms with Gasteiger partial charge in [0, 0.05) is 11.1 Å². The third-order valence-corrected chi connectivity index (χ3v) is 3.51. The van der Waals surface area contributed by atoms with E-state index in [0.717, 1.165) is 10.7 Å². The van der Waals surface area contributed by atoms with Crippen molar-refractivity contribution in [3.63, 3.8) is 0 Å². The highest BCUT2D eigenvalue weighted by molar-refractivity contribution is 7.09. The number of nitrogens with one attached hydrogen (secondary N) is 1. The SMILES string of the molecule is Cc1csc(C(C)NC(C(=O)O)C(C)C)n1. The molecule has 0 aliphatic rings. The molecule has 0 spiro atoms. The normalized spacial score (nSPS) is 15.1. The zero-order valence-corrected chi connectivity index (χ0v) is 10.8. The molecule has 1 aromatic rings. The van der Waals surface area contributed by atoms with Crippen molar-refractivity contribution in [3.8, 4) is 0 Å². The second kappa shape index (κ2) is 5.41. The molecule has 0 bridgehead atoms. The largest absolute Gasteiger partial charge is 0.480 e. The van der Waals surface area contributed by atoms with E-state index in [1.165, 1.54) is 0 Å². The van der Waals surface area contributed by atoms with Crippen molar-refractivity contribution in [2.75, 3.05) is 0 Å². The van der Waals surface area contributed by atoms with Crippen LogP contribution in [-0.2, 0) is 4.79 Å². The lowest BCUT2D eigenvalue weighted by Crippen LogP contribution is -2.42. The van der Waals surface area contributed by atoms with Crippen LogP contribution in [0.2, 0.25) is 0 Å². The number of carboxylic acid groups (broad SMARTS) is 1. The highest BCUT2D eigenvalue weighted by Gasteiger charge is 2.24. The van der Waals surface area contributed by atoms with Crippen LogP contribution >= 0.6 is 11.3 Å². The van der Waals surface area contributed by atoms with E-state index in [-0.39, 0.29) is 12.0 Å². The molecule has 1 rings (SSSR count). The fourth-order valence-corrected chi connectivity index (χ4v) is 2.27. The van der Waals surface area contributed by atoms with Crippen molar-refractivity contribution >= 4 is 17.3 Å². The second-order valence-corrected chi connectivity index (χ2v) is 5.17. The highest BCUT2D eigenvalue weighted by Crippen LogP contribution is 2.19. The summed E-state index contributed by atoms with van der Waals surface area (Å²) in [5.74, 6) is -0.754. The van der Waals surface area contributed by atoms with Crippen molar-refractivity contribution in [1.82, 2.24) is 10.3 Å². The van der Waals surface area contributed by atoms with Crippen LogP contribution in [0.1, 0.15) is 37.5 Å². The minimum atomic E-state index is -0.810. The predicted molar refractivity (Wildman–Crippen MR) is 64.7 cm³/mol. The summed E-state index contributed by atoms with van der Waals surface area (Å²) in [6, 6.07) is -0.554. The van der Waals surface area contributed by atoms with Crippen molar-refractivity contribution in [2.45, 2.75) is 39.8 Å². The number of hydrogen-bond donors (Lipinski definition) is 2. The summed E-state index contributed by atoms with van der Waals surface area (Å²) in [5.41, 5.74) is 0.977. The lowest BCUT2D eigenvalue weighted by Gasteiger charge is -2.21. The first-order chi connectivity index (χ1) is 7.41. The van der Waals surface area contributed by atoms with Gasteiger partial charge in [-0.25, -0.2) is 4.98 Å². The Labute approximate surface area is 99.7 Å². The molecule has 2 N–H and O–H groups in total. The molecule has 5 heteroatoms. The van der Waals surface area contributed by atoms with Crippen LogP contribution in [0.3, 0.4) is 0 Å². The first-order valence-corrected chi connectivity index (χ1v) is 6.20. The molecule has 0 amide bonds. The van der Waals surface area contributed by atoms with Crippen molar-refractivity contribution in [3.05, 3.63) is 16.1 Å². The van der Waals surface area contributed by atoms with Crippen LogP contribution in [0.4, 0.5) is 0 Å². The summed E-state index contributed by atoms with van der Waals surface area (Å²) >= 11 is 1.56. The molecule has 0 radical (unpaired) electrons. The average molecular weight is 242 g/mol. The Bertz CT molecular complexity index is 363. The van der Waals surface area contributed by atoms with Gasteiger partial charge in [-0.15, -0.1) is 11.3 Å². The van der Waals surface area contributed by atoms with E-state index in [2.05, 4.69) is 10.3 Å². The maximum absolute atomic E-state index is 11.0. The quantitative estimate of drug-likeness (QED) is 0.831. The van der Waals surface area contributed by atoms with Gasteiger partial charge in [-0.05, 0) is 19.8 Å². The van der Waals surface area contributed by atoms with E-state index in [4.69, 9.17) is 5.11 Å². The molecule has 0 saturated heterocycles. The van der Waals surface area contributed by atoms with E-state index >= 15 is 0 Å². The van der Waals surface area contributed by atoms with Gasteiger partial charge in [-0.2, -0.15) is 0 Å². The van der Waals surface area contributed by atoms with E-state index in [1.54, 1.807) is 11.3 Å². The fraction of sp³-hybridized carbons (Fsp3) is 0.636. The second-order valence-electron chi connectivity index (χ2n) is 4.28. The molecule has 4 nitrogen and oxygen atoms in total. The number of carbonyl (C=O) groups is 1. The Kier molecular flexibility index (Phi) is 4.44. The molecule has 0 aliphatic heterocycles. The first-order valence-electron chi connectivity index (χ1n) is 5.32. The number of carboxylic acids is 1. The van der Waals surface area contributed by atoms with Gasteiger partial charge in [-0.3, -0.25) is 10.1 Å². The monoisotopic (exact) mass is 242 g/mol. The fourth-order valence-electron chi connectivity index (χ4n) is 1.46. The minimum Gasteiger partial charge on any atom is -0.480 e. The summed E-state index contributed by atoms with van der Waals surface area (Å²) in [7, 11) is 0. The Morgan fingerprint density at radius 1 is 1.50 bits per heavy atom. The Hall–Kier alpha value is -0.940. The zero-order chi connectivity index (χ0) is 12.3. The Morgan fingerprint density at radius 2 is 2.12 bits per heavy atom. The van der Waals surface area contributed by atoms with Crippen molar-refractivity contribution in [1.29, 1.82) is 0 Å². The van der Waals surface area contributed by atoms with Gasteiger partial charge < -0.3 is 5.11 Å². The molecule has 0 aliphatic carbocycles. The third-order valence-electron chi connectivity index (χ3n) is 2.37. The number of aromatic nitrogens is 1. The molecule has 0 aromatic carbocycles. The van der Waals surface area contributed by atoms with E-state index in [0.29, 0.717) is 0 Å². The maximum atomic E-state index is 11.0. The van der Waals surface area contributed by atoms with Crippen LogP contribution < -0.4 is 5.32 Å². The summed E-state index contributed by atoms with van der Waals surface area (Å²) < 4.78 is 0. The van der Waals surface area contributed by atoms with Gasteiger partial charge >= 0.3 is 5.97 Å². The molecule has 0 saturated carbocycles. The van der Waals surface area contributed by atoms with Gasteiger partial charge in [0.15, 0.2) is 0 Å². The molecule has 90 valence electrons. The third kappa shape index (κ3) is 3.28. The van der Waals surface area contributed by atoms with Crippen molar-refractivity contribution in [2.24, 2.45) is 5.92 Å². The number of aliphatic carboxylic acids is 1. The van der Waals surface area contributed by atoms with Crippen LogP contribution in [0, 0.1) is 12.8 Å². The van der Waals surface area contributed by atoms with E-state index in [1.807, 2.05) is 33.1 Å². The summed E-state index contributed by atoms with van der Waals surface area (Å²) in [4.78, 5) is 15.4. The van der Waals surface area contributed by atoms with Gasteiger partial charge in [0.25, 0.3) is 0 Å². The molecule has 2 unspecified atom stereocenters. The zero-order valence-electron chi connectivity index (χ0n) is 10.0. The molecular formula is C11H18N2O2S. The summed E-state index contributed by atoms with van der Waals surface area (Å²) in [6.07, 6.45) is 0. The minimum absolute atomic E-state index is 0.0257. The van der Waals surface area contributed by atoms with Gasteiger partial charge in [-0.1, -0.05) is 13.8 Å². The Balaban J connectivity index is 2.68. The first kappa shape index (κ1) is 13.1. The smallest absolute Gasteiger partial charge is 0.320 e. The van der Waals surface area contributed by atoms with Crippen LogP contribution in [0.15, 0.2) is 5.38 Å². The lowest BCUT2D eigenvalue weighted by atomic mass is 10.0. The number of nitrogens with zero attached hydrogens (tertiary/aromatic N) is 1. The van der Waals surface area contributed by atoms with Gasteiger partial charge in [0.1, 0.15) is 11.0 Å². The molecule has 2 atom stereocenters. The maximum Gasteiger partial charge on any atom is 0.320 e. The molecule has 0 fully saturated rings. The number of thiazole rings is 1. The predicted octanol–water partition coefficient (Wildman–Crippen LogP) is 2.21. The molecular weight excluding hydrogens is 224 g/mol. The van der Waals surface area contributed by atoms with Crippen LogP contribution in [-0.4, -0.2) is 22.1 Å². The van der Waals surface area contributed by atoms with Crippen LogP contribution in [0.25, 0.3) is 0 Å². The number of rotatable bonds is 5. The average Bonchev–Trinajstić information content (AvgIpc) is 2.59.